The molecule has 0 bridgehead atoms. The Hall–Kier alpha value is -1.85. The van der Waals surface area contributed by atoms with E-state index in [9.17, 15) is 9.90 Å². The topological polar surface area (TPSA) is 58.4 Å². The molecule has 1 N–H and O–H groups in total. The normalized spacial score (nSPS) is 21.5. The highest BCUT2D eigenvalue weighted by molar-refractivity contribution is 6.32. The Kier molecular flexibility index (Phi) is 4.41. The van der Waals surface area contributed by atoms with E-state index in [1.807, 2.05) is 32.0 Å². The molecule has 0 spiro atoms. The molecule has 3 rings (SSSR count). The van der Waals surface area contributed by atoms with Crippen LogP contribution in [0.5, 0.6) is 0 Å². The van der Waals surface area contributed by atoms with Crippen LogP contribution in [-0.2, 0) is 0 Å². The van der Waals surface area contributed by atoms with Gasteiger partial charge in [-0.25, -0.2) is 4.68 Å². The van der Waals surface area contributed by atoms with Crippen LogP contribution in [0.3, 0.4) is 0 Å². The highest BCUT2D eigenvalue weighted by atomic mass is 35.5. The number of carbonyl (C=O) groups excluding carboxylic acids is 1. The van der Waals surface area contributed by atoms with Crippen molar-refractivity contribution < 1.29 is 9.90 Å². The molecule has 5 nitrogen and oxygen atoms in total. The van der Waals surface area contributed by atoms with Crippen molar-refractivity contribution in [1.82, 2.24) is 14.7 Å². The summed E-state index contributed by atoms with van der Waals surface area (Å²) in [7, 11) is 0. The lowest BCUT2D eigenvalue weighted by atomic mass is 9.96. The third-order valence-electron chi connectivity index (χ3n) is 4.39. The number of halogens is 1. The molecule has 122 valence electrons. The van der Waals surface area contributed by atoms with E-state index in [2.05, 4.69) is 5.10 Å². The predicted octanol–water partition coefficient (Wildman–Crippen LogP) is 2.68. The number of hydrogen-bond donors (Lipinski definition) is 1. The Bertz CT molecular complexity index is 728. The molecular formula is C17H20ClN3O2. The van der Waals surface area contributed by atoms with Gasteiger partial charge in [-0.3, -0.25) is 4.79 Å². The molecule has 1 amide bonds. The van der Waals surface area contributed by atoms with Crippen molar-refractivity contribution in [3.63, 3.8) is 0 Å². The highest BCUT2D eigenvalue weighted by Crippen LogP contribution is 2.23. The summed E-state index contributed by atoms with van der Waals surface area (Å²) >= 11 is 6.21. The van der Waals surface area contributed by atoms with Crippen LogP contribution < -0.4 is 0 Å². The molecule has 1 fully saturated rings. The van der Waals surface area contributed by atoms with Crippen LogP contribution in [0.25, 0.3) is 5.69 Å². The first-order chi connectivity index (χ1) is 11.0. The summed E-state index contributed by atoms with van der Waals surface area (Å²) < 4.78 is 1.68. The molecule has 0 radical (unpaired) electrons. The lowest BCUT2D eigenvalue weighted by Crippen LogP contribution is -2.45. The second-order valence-corrected chi connectivity index (χ2v) is 6.53. The lowest BCUT2D eigenvalue weighted by molar-refractivity contribution is 0.0245. The monoisotopic (exact) mass is 333 g/mol. The van der Waals surface area contributed by atoms with Crippen molar-refractivity contribution in [3.8, 4) is 5.69 Å². The summed E-state index contributed by atoms with van der Waals surface area (Å²) in [4.78, 5) is 14.3. The number of benzene rings is 1. The third-order valence-corrected chi connectivity index (χ3v) is 4.71. The van der Waals surface area contributed by atoms with E-state index in [1.165, 1.54) is 0 Å². The van der Waals surface area contributed by atoms with Gasteiger partial charge < -0.3 is 10.0 Å². The third kappa shape index (κ3) is 3.12. The average Bonchev–Trinajstić information content (AvgIpc) is 2.91. The number of hydrogen-bond acceptors (Lipinski definition) is 3. The molecular weight excluding hydrogens is 314 g/mol. The number of rotatable bonds is 2. The molecule has 2 atom stereocenters. The van der Waals surface area contributed by atoms with Gasteiger partial charge in [0.2, 0.25) is 0 Å². The molecule has 2 heterocycles. The molecule has 1 aromatic heterocycles. The Morgan fingerprint density at radius 3 is 2.83 bits per heavy atom. The number of aliphatic hydroxyl groups excluding tert-OH is 1. The SMILES string of the molecule is Cc1cc(C(=O)N2CCC(C)C(O)C2)nn1-c1ccccc1Cl. The summed E-state index contributed by atoms with van der Waals surface area (Å²) in [6.07, 6.45) is 0.330. The first-order valence-corrected chi connectivity index (χ1v) is 8.14. The predicted molar refractivity (Wildman–Crippen MR) is 89.0 cm³/mol. The van der Waals surface area contributed by atoms with E-state index in [4.69, 9.17) is 11.6 Å². The van der Waals surface area contributed by atoms with Gasteiger partial charge in [-0.05, 0) is 37.5 Å². The molecule has 23 heavy (non-hydrogen) atoms. The van der Waals surface area contributed by atoms with Gasteiger partial charge in [0.05, 0.1) is 16.8 Å². The number of β-amino-alcohol motifs (C(OH)–C–C–N with tert-alkyl or cyclic N) is 1. The van der Waals surface area contributed by atoms with Crippen LogP contribution >= 0.6 is 11.6 Å². The Balaban J connectivity index is 1.86. The van der Waals surface area contributed by atoms with E-state index in [1.54, 1.807) is 21.7 Å². The number of aromatic nitrogens is 2. The maximum atomic E-state index is 12.6. The first-order valence-electron chi connectivity index (χ1n) is 7.76. The van der Waals surface area contributed by atoms with Crippen LogP contribution in [0.15, 0.2) is 30.3 Å². The van der Waals surface area contributed by atoms with Crippen molar-refractivity contribution >= 4 is 17.5 Å². The van der Waals surface area contributed by atoms with Crippen molar-refractivity contribution in [1.29, 1.82) is 0 Å². The summed E-state index contributed by atoms with van der Waals surface area (Å²) in [6, 6.07) is 9.15. The molecule has 1 aromatic carbocycles. The fourth-order valence-electron chi connectivity index (χ4n) is 2.84. The molecule has 1 saturated heterocycles. The number of para-hydroxylation sites is 1. The van der Waals surface area contributed by atoms with E-state index in [0.29, 0.717) is 23.8 Å². The summed E-state index contributed by atoms with van der Waals surface area (Å²) in [5.41, 5.74) is 1.97. The standard InChI is InChI=1S/C17H20ClN3O2/c1-11-7-8-20(10-16(11)22)17(23)14-9-12(2)21(19-14)15-6-4-3-5-13(15)18/h3-6,9,11,16,22H,7-8,10H2,1-2H3. The van der Waals surface area contributed by atoms with Crippen LogP contribution in [0.2, 0.25) is 5.02 Å². The van der Waals surface area contributed by atoms with Gasteiger partial charge in [-0.2, -0.15) is 5.10 Å². The van der Waals surface area contributed by atoms with Crippen LogP contribution in [0, 0.1) is 12.8 Å². The summed E-state index contributed by atoms with van der Waals surface area (Å²) in [5, 5.41) is 15.0. The number of nitrogens with zero attached hydrogens (tertiary/aromatic N) is 3. The van der Waals surface area contributed by atoms with E-state index >= 15 is 0 Å². The molecule has 2 unspecified atom stereocenters. The number of carbonyl (C=O) groups is 1. The van der Waals surface area contributed by atoms with Crippen molar-refractivity contribution in [2.24, 2.45) is 5.92 Å². The van der Waals surface area contributed by atoms with Gasteiger partial charge in [0, 0.05) is 18.8 Å². The zero-order valence-corrected chi connectivity index (χ0v) is 14.0. The second-order valence-electron chi connectivity index (χ2n) is 6.12. The number of aryl methyl sites for hydroxylation is 1. The van der Waals surface area contributed by atoms with Gasteiger partial charge in [-0.15, -0.1) is 0 Å². The largest absolute Gasteiger partial charge is 0.391 e. The number of amides is 1. The first kappa shape index (κ1) is 16.0. The molecule has 0 aliphatic carbocycles. The summed E-state index contributed by atoms with van der Waals surface area (Å²) in [6.45, 7) is 4.90. The van der Waals surface area contributed by atoms with E-state index in [0.717, 1.165) is 17.8 Å². The maximum Gasteiger partial charge on any atom is 0.274 e. The molecule has 1 aliphatic heterocycles. The smallest absolute Gasteiger partial charge is 0.274 e. The Morgan fingerprint density at radius 1 is 1.39 bits per heavy atom. The van der Waals surface area contributed by atoms with Crippen molar-refractivity contribution in [3.05, 3.63) is 46.7 Å². The van der Waals surface area contributed by atoms with Gasteiger partial charge >= 0.3 is 0 Å². The van der Waals surface area contributed by atoms with Crippen LogP contribution in [0.4, 0.5) is 0 Å². The van der Waals surface area contributed by atoms with Gasteiger partial charge in [-0.1, -0.05) is 30.7 Å². The van der Waals surface area contributed by atoms with Crippen LogP contribution in [0.1, 0.15) is 29.5 Å². The zero-order valence-electron chi connectivity index (χ0n) is 13.2. The summed E-state index contributed by atoms with van der Waals surface area (Å²) in [5.74, 6) is 0.0753. The van der Waals surface area contributed by atoms with E-state index in [-0.39, 0.29) is 11.8 Å². The number of piperidine rings is 1. The van der Waals surface area contributed by atoms with Gasteiger partial charge in [0.25, 0.3) is 5.91 Å². The average molecular weight is 334 g/mol. The minimum Gasteiger partial charge on any atom is -0.391 e. The van der Waals surface area contributed by atoms with E-state index < -0.39 is 6.10 Å². The Morgan fingerprint density at radius 2 is 2.13 bits per heavy atom. The second kappa shape index (κ2) is 6.34. The minimum atomic E-state index is -0.473. The molecule has 1 aliphatic rings. The van der Waals surface area contributed by atoms with Gasteiger partial charge in [0.1, 0.15) is 0 Å². The molecule has 0 saturated carbocycles. The quantitative estimate of drug-likeness (QED) is 0.919. The van der Waals surface area contributed by atoms with Crippen molar-refractivity contribution in [2.75, 3.05) is 13.1 Å². The fraction of sp³-hybridized carbons (Fsp3) is 0.412. The fourth-order valence-corrected chi connectivity index (χ4v) is 3.06. The maximum absolute atomic E-state index is 12.6. The number of aliphatic hydroxyl groups is 1. The molecule has 2 aromatic rings. The minimum absolute atomic E-state index is 0.148. The van der Waals surface area contributed by atoms with Crippen LogP contribution in [-0.4, -0.2) is 44.9 Å². The highest BCUT2D eigenvalue weighted by Gasteiger charge is 2.29. The van der Waals surface area contributed by atoms with Gasteiger partial charge in [0.15, 0.2) is 5.69 Å². The number of likely N-dealkylation sites (tertiary alicyclic amines) is 1. The molecule has 6 heteroatoms. The Labute approximate surface area is 140 Å². The van der Waals surface area contributed by atoms with Crippen molar-refractivity contribution in [2.45, 2.75) is 26.4 Å². The zero-order chi connectivity index (χ0) is 16.6. The lowest BCUT2D eigenvalue weighted by Gasteiger charge is -2.33.